The summed E-state index contributed by atoms with van der Waals surface area (Å²) in [6.45, 7) is 1.83. The number of carbonyl (C=O) groups is 1. The Bertz CT molecular complexity index is 612. The second-order valence-corrected chi connectivity index (χ2v) is 6.20. The number of benzene rings is 1. The summed E-state index contributed by atoms with van der Waals surface area (Å²) in [5.41, 5.74) is 1.16. The van der Waals surface area contributed by atoms with Gasteiger partial charge in [-0.05, 0) is 24.3 Å². The lowest BCUT2D eigenvalue weighted by atomic mass is 10.2. The van der Waals surface area contributed by atoms with Gasteiger partial charge in [0, 0.05) is 24.2 Å². The Morgan fingerprint density at radius 1 is 1.33 bits per heavy atom. The molecule has 1 aliphatic rings. The van der Waals surface area contributed by atoms with Crippen molar-refractivity contribution < 1.29 is 9.21 Å². The molecule has 5 heteroatoms. The number of rotatable bonds is 4. The number of anilines is 1. The van der Waals surface area contributed by atoms with Gasteiger partial charge in [-0.25, -0.2) is 0 Å². The Balaban J connectivity index is 1.65. The third-order valence-electron chi connectivity index (χ3n) is 3.55. The van der Waals surface area contributed by atoms with Gasteiger partial charge in [-0.15, -0.1) is 11.8 Å². The Kier molecular flexibility index (Phi) is 4.20. The SMILES string of the molecule is CN(Cc1ccco1)C(=O)CN1CCSc2ccccc21. The highest BCUT2D eigenvalue weighted by Gasteiger charge is 2.21. The number of nitrogens with zero attached hydrogens (tertiary/aromatic N) is 2. The van der Waals surface area contributed by atoms with E-state index < -0.39 is 0 Å². The van der Waals surface area contributed by atoms with Gasteiger partial charge < -0.3 is 14.2 Å². The largest absolute Gasteiger partial charge is 0.467 e. The lowest BCUT2D eigenvalue weighted by Gasteiger charge is -2.31. The first-order valence-electron chi connectivity index (χ1n) is 6.97. The molecule has 1 aromatic carbocycles. The molecule has 0 radical (unpaired) electrons. The molecule has 110 valence electrons. The van der Waals surface area contributed by atoms with Crippen molar-refractivity contribution in [2.75, 3.05) is 30.8 Å². The van der Waals surface area contributed by atoms with Crippen LogP contribution in [0.25, 0.3) is 0 Å². The summed E-state index contributed by atoms with van der Waals surface area (Å²) >= 11 is 1.85. The predicted molar refractivity (Wildman–Crippen MR) is 84.6 cm³/mol. The first-order valence-corrected chi connectivity index (χ1v) is 7.96. The van der Waals surface area contributed by atoms with E-state index >= 15 is 0 Å². The number of furan rings is 1. The minimum atomic E-state index is 0.105. The molecular formula is C16H18N2O2S. The highest BCUT2D eigenvalue weighted by atomic mass is 32.2. The third kappa shape index (κ3) is 3.24. The van der Waals surface area contributed by atoms with E-state index in [1.165, 1.54) is 4.90 Å². The Hall–Kier alpha value is -1.88. The van der Waals surface area contributed by atoms with Gasteiger partial charge in [0.1, 0.15) is 5.76 Å². The van der Waals surface area contributed by atoms with E-state index in [1.807, 2.05) is 43.1 Å². The summed E-state index contributed by atoms with van der Waals surface area (Å²) < 4.78 is 5.29. The van der Waals surface area contributed by atoms with Crippen LogP contribution in [0.3, 0.4) is 0 Å². The second-order valence-electron chi connectivity index (χ2n) is 5.07. The van der Waals surface area contributed by atoms with Crippen LogP contribution in [0.5, 0.6) is 0 Å². The molecule has 0 spiro atoms. The van der Waals surface area contributed by atoms with Crippen molar-refractivity contribution >= 4 is 23.4 Å². The maximum atomic E-state index is 12.4. The average Bonchev–Trinajstić information content (AvgIpc) is 3.00. The van der Waals surface area contributed by atoms with Crippen molar-refractivity contribution in [3.63, 3.8) is 0 Å². The maximum Gasteiger partial charge on any atom is 0.242 e. The van der Waals surface area contributed by atoms with Gasteiger partial charge in [0.15, 0.2) is 0 Å². The number of thioether (sulfide) groups is 1. The molecule has 1 amide bonds. The van der Waals surface area contributed by atoms with Crippen molar-refractivity contribution in [1.29, 1.82) is 0 Å². The van der Waals surface area contributed by atoms with E-state index in [-0.39, 0.29) is 5.91 Å². The Morgan fingerprint density at radius 2 is 2.19 bits per heavy atom. The standard InChI is InChI=1S/C16H18N2O2S/c1-17(11-13-5-4-9-20-13)16(19)12-18-8-10-21-15-7-3-2-6-14(15)18/h2-7,9H,8,10-12H2,1H3. The molecule has 0 N–H and O–H groups in total. The maximum absolute atomic E-state index is 12.4. The molecule has 0 bridgehead atoms. The van der Waals surface area contributed by atoms with E-state index in [4.69, 9.17) is 4.42 Å². The third-order valence-corrected chi connectivity index (χ3v) is 4.59. The van der Waals surface area contributed by atoms with Gasteiger partial charge in [-0.3, -0.25) is 4.79 Å². The van der Waals surface area contributed by atoms with Crippen LogP contribution in [-0.4, -0.2) is 36.7 Å². The quantitative estimate of drug-likeness (QED) is 0.870. The van der Waals surface area contributed by atoms with Gasteiger partial charge in [-0.2, -0.15) is 0 Å². The zero-order valence-electron chi connectivity index (χ0n) is 12.0. The second kappa shape index (κ2) is 6.26. The van der Waals surface area contributed by atoms with E-state index in [2.05, 4.69) is 17.0 Å². The molecule has 0 saturated heterocycles. The van der Waals surface area contributed by atoms with E-state index in [0.29, 0.717) is 13.1 Å². The van der Waals surface area contributed by atoms with E-state index in [1.54, 1.807) is 11.2 Å². The van der Waals surface area contributed by atoms with E-state index in [9.17, 15) is 4.79 Å². The molecule has 0 saturated carbocycles. The minimum absolute atomic E-state index is 0.105. The average molecular weight is 302 g/mol. The molecule has 1 aliphatic heterocycles. The molecule has 3 rings (SSSR count). The lowest BCUT2D eigenvalue weighted by Crippen LogP contribution is -2.40. The fourth-order valence-corrected chi connectivity index (χ4v) is 3.45. The van der Waals surface area contributed by atoms with Crippen LogP contribution >= 0.6 is 11.8 Å². The lowest BCUT2D eigenvalue weighted by molar-refractivity contribution is -0.129. The summed E-state index contributed by atoms with van der Waals surface area (Å²) in [6.07, 6.45) is 1.63. The van der Waals surface area contributed by atoms with Crippen LogP contribution in [0.4, 0.5) is 5.69 Å². The fraction of sp³-hybridized carbons (Fsp3) is 0.312. The van der Waals surface area contributed by atoms with Gasteiger partial charge >= 0.3 is 0 Å². The smallest absolute Gasteiger partial charge is 0.242 e. The van der Waals surface area contributed by atoms with Crippen LogP contribution in [-0.2, 0) is 11.3 Å². The van der Waals surface area contributed by atoms with E-state index in [0.717, 1.165) is 23.7 Å². The number of likely N-dealkylation sites (N-methyl/N-ethyl adjacent to an activating group) is 1. The van der Waals surface area contributed by atoms with Crippen LogP contribution in [0.2, 0.25) is 0 Å². The summed E-state index contributed by atoms with van der Waals surface area (Å²) in [4.78, 5) is 17.5. The fourth-order valence-electron chi connectivity index (χ4n) is 2.40. The van der Waals surface area contributed by atoms with Gasteiger partial charge in [0.2, 0.25) is 5.91 Å². The molecule has 0 atom stereocenters. The normalized spacial score (nSPS) is 13.9. The topological polar surface area (TPSA) is 36.7 Å². The summed E-state index contributed by atoms with van der Waals surface area (Å²) in [5, 5.41) is 0. The number of para-hydroxylation sites is 1. The van der Waals surface area contributed by atoms with Gasteiger partial charge in [-0.1, -0.05) is 12.1 Å². The van der Waals surface area contributed by atoms with Gasteiger partial charge in [0.05, 0.1) is 25.0 Å². The number of hydrogen-bond donors (Lipinski definition) is 0. The summed E-state index contributed by atoms with van der Waals surface area (Å²) in [6, 6.07) is 12.0. The number of amides is 1. The molecule has 21 heavy (non-hydrogen) atoms. The molecule has 1 aromatic heterocycles. The van der Waals surface area contributed by atoms with Crippen molar-refractivity contribution in [2.45, 2.75) is 11.4 Å². The van der Waals surface area contributed by atoms with Crippen LogP contribution in [0.15, 0.2) is 52.0 Å². The van der Waals surface area contributed by atoms with Gasteiger partial charge in [0.25, 0.3) is 0 Å². The number of hydrogen-bond acceptors (Lipinski definition) is 4. The Morgan fingerprint density at radius 3 is 3.00 bits per heavy atom. The number of fused-ring (bicyclic) bond motifs is 1. The zero-order valence-corrected chi connectivity index (χ0v) is 12.8. The van der Waals surface area contributed by atoms with Crippen molar-refractivity contribution in [2.24, 2.45) is 0 Å². The molecule has 2 aromatic rings. The van der Waals surface area contributed by atoms with Crippen LogP contribution < -0.4 is 4.90 Å². The van der Waals surface area contributed by atoms with Crippen molar-refractivity contribution in [3.05, 3.63) is 48.4 Å². The summed E-state index contributed by atoms with van der Waals surface area (Å²) in [7, 11) is 1.81. The summed E-state index contributed by atoms with van der Waals surface area (Å²) in [5.74, 6) is 1.93. The minimum Gasteiger partial charge on any atom is -0.467 e. The highest BCUT2D eigenvalue weighted by Crippen LogP contribution is 2.34. The molecule has 4 nitrogen and oxygen atoms in total. The van der Waals surface area contributed by atoms with Crippen molar-refractivity contribution in [3.8, 4) is 0 Å². The molecule has 0 aliphatic carbocycles. The zero-order chi connectivity index (χ0) is 14.7. The first kappa shape index (κ1) is 14.1. The van der Waals surface area contributed by atoms with Crippen LogP contribution in [0, 0.1) is 0 Å². The van der Waals surface area contributed by atoms with Crippen molar-refractivity contribution in [1.82, 2.24) is 4.90 Å². The predicted octanol–water partition coefficient (Wildman–Crippen LogP) is 2.85. The monoisotopic (exact) mass is 302 g/mol. The molecule has 2 heterocycles. The molecule has 0 fully saturated rings. The molecule has 0 unspecified atom stereocenters. The number of carbonyl (C=O) groups excluding carboxylic acids is 1. The Labute approximate surface area is 128 Å². The van der Waals surface area contributed by atoms with Crippen LogP contribution in [0.1, 0.15) is 5.76 Å². The molecular weight excluding hydrogens is 284 g/mol. The highest BCUT2D eigenvalue weighted by molar-refractivity contribution is 7.99. The first-order chi connectivity index (χ1) is 10.2.